The molecule has 5 heteroatoms. The average Bonchev–Trinajstić information content (AvgIpc) is 2.11. The van der Waals surface area contributed by atoms with E-state index in [4.69, 9.17) is 4.74 Å². The fourth-order valence-electron chi connectivity index (χ4n) is 1.19. The molecule has 0 aliphatic rings. The molecule has 0 unspecified atom stereocenters. The first kappa shape index (κ1) is 15.7. The average molecular weight is 241 g/mol. The summed E-state index contributed by atoms with van der Waals surface area (Å²) in [7, 11) is 0. The highest BCUT2D eigenvalue weighted by molar-refractivity contribution is 4.70. The first-order valence-electron chi connectivity index (χ1n) is 5.62. The van der Waals surface area contributed by atoms with Crippen LogP contribution in [0.3, 0.4) is 0 Å². The van der Waals surface area contributed by atoms with Gasteiger partial charge in [0.15, 0.2) is 0 Å². The van der Waals surface area contributed by atoms with Gasteiger partial charge in [0.2, 0.25) is 0 Å². The van der Waals surface area contributed by atoms with Gasteiger partial charge in [0.25, 0.3) is 0 Å². The van der Waals surface area contributed by atoms with Crippen LogP contribution in [0, 0.1) is 5.41 Å². The van der Waals surface area contributed by atoms with Gasteiger partial charge >= 0.3 is 6.18 Å². The third-order valence-corrected chi connectivity index (χ3v) is 2.05. The first-order valence-corrected chi connectivity index (χ1v) is 5.62. The molecule has 0 heterocycles. The fraction of sp³-hybridized carbons (Fsp3) is 1.00. The Kier molecular flexibility index (Phi) is 6.99. The van der Waals surface area contributed by atoms with Gasteiger partial charge in [-0.3, -0.25) is 0 Å². The maximum Gasteiger partial charge on any atom is 0.391 e. The van der Waals surface area contributed by atoms with Gasteiger partial charge in [-0.15, -0.1) is 0 Å². The predicted octanol–water partition coefficient (Wildman–Crippen LogP) is 2.98. The lowest BCUT2D eigenvalue weighted by atomic mass is 9.95. The van der Waals surface area contributed by atoms with Gasteiger partial charge in [0, 0.05) is 12.0 Å². The van der Waals surface area contributed by atoms with Gasteiger partial charge < -0.3 is 10.1 Å². The van der Waals surface area contributed by atoms with E-state index < -0.39 is 12.6 Å². The fourth-order valence-corrected chi connectivity index (χ4v) is 1.19. The predicted molar refractivity (Wildman–Crippen MR) is 58.4 cm³/mol. The topological polar surface area (TPSA) is 21.3 Å². The van der Waals surface area contributed by atoms with Crippen LogP contribution in [0.25, 0.3) is 0 Å². The highest BCUT2D eigenvalue weighted by Crippen LogP contribution is 2.20. The number of halogens is 3. The Morgan fingerprint density at radius 1 is 1.19 bits per heavy atom. The van der Waals surface area contributed by atoms with Gasteiger partial charge in [-0.1, -0.05) is 20.8 Å². The van der Waals surface area contributed by atoms with Crippen molar-refractivity contribution in [3.63, 3.8) is 0 Å². The lowest BCUT2D eigenvalue weighted by Crippen LogP contribution is -2.34. The number of alkyl halides is 3. The van der Waals surface area contributed by atoms with E-state index in [0.717, 1.165) is 19.5 Å². The zero-order chi connectivity index (χ0) is 12.7. The molecular formula is C11H22F3NO. The van der Waals surface area contributed by atoms with Gasteiger partial charge in [-0.25, -0.2) is 0 Å². The molecule has 0 aromatic carbocycles. The van der Waals surface area contributed by atoms with Crippen LogP contribution >= 0.6 is 0 Å². The van der Waals surface area contributed by atoms with Crippen molar-refractivity contribution in [1.82, 2.24) is 5.32 Å². The van der Waals surface area contributed by atoms with Crippen molar-refractivity contribution in [1.29, 1.82) is 0 Å². The summed E-state index contributed by atoms with van der Waals surface area (Å²) in [4.78, 5) is 0. The van der Waals surface area contributed by atoms with E-state index in [2.05, 4.69) is 12.2 Å². The highest BCUT2D eigenvalue weighted by atomic mass is 19.4. The van der Waals surface area contributed by atoms with Crippen LogP contribution in [0.2, 0.25) is 0 Å². The van der Waals surface area contributed by atoms with E-state index in [-0.39, 0.29) is 12.0 Å². The van der Waals surface area contributed by atoms with E-state index in [1.54, 1.807) is 0 Å². The second-order valence-corrected chi connectivity index (χ2v) is 4.76. The minimum absolute atomic E-state index is 0.124. The van der Waals surface area contributed by atoms with Gasteiger partial charge in [-0.05, 0) is 13.0 Å². The second kappa shape index (κ2) is 7.12. The van der Waals surface area contributed by atoms with Gasteiger partial charge in [0.1, 0.15) is 0 Å². The molecule has 98 valence electrons. The maximum atomic E-state index is 11.8. The molecule has 0 fully saturated rings. The van der Waals surface area contributed by atoms with Crippen molar-refractivity contribution >= 4 is 0 Å². The van der Waals surface area contributed by atoms with Crippen molar-refractivity contribution in [3.8, 4) is 0 Å². The largest absolute Gasteiger partial charge is 0.391 e. The van der Waals surface area contributed by atoms with Crippen LogP contribution in [-0.4, -0.2) is 32.5 Å². The summed E-state index contributed by atoms with van der Waals surface area (Å²) in [6.45, 7) is 7.80. The van der Waals surface area contributed by atoms with Crippen LogP contribution < -0.4 is 5.32 Å². The van der Waals surface area contributed by atoms with Gasteiger partial charge in [0.05, 0.1) is 19.6 Å². The lowest BCUT2D eigenvalue weighted by molar-refractivity contribution is -0.147. The van der Waals surface area contributed by atoms with Crippen LogP contribution in [0.1, 0.15) is 33.6 Å². The smallest absolute Gasteiger partial charge is 0.380 e. The number of hydrogen-bond donors (Lipinski definition) is 1. The van der Waals surface area contributed by atoms with E-state index >= 15 is 0 Å². The Bertz CT molecular complexity index is 181. The molecule has 0 spiro atoms. The molecule has 0 amide bonds. The van der Waals surface area contributed by atoms with E-state index in [9.17, 15) is 13.2 Å². The van der Waals surface area contributed by atoms with Crippen molar-refractivity contribution in [3.05, 3.63) is 0 Å². The van der Waals surface area contributed by atoms with Crippen LogP contribution in [0.5, 0.6) is 0 Å². The summed E-state index contributed by atoms with van der Waals surface area (Å²) in [6.07, 6.45) is -3.94. The molecular weight excluding hydrogens is 219 g/mol. The molecule has 0 saturated carbocycles. The normalized spacial score (nSPS) is 13.1. The summed E-state index contributed by atoms with van der Waals surface area (Å²) in [5.74, 6) is 0. The Morgan fingerprint density at radius 2 is 1.81 bits per heavy atom. The lowest BCUT2D eigenvalue weighted by Gasteiger charge is -2.25. The summed E-state index contributed by atoms with van der Waals surface area (Å²) < 4.78 is 40.5. The minimum atomic E-state index is -4.12. The quantitative estimate of drug-likeness (QED) is 0.660. The van der Waals surface area contributed by atoms with E-state index in [1.165, 1.54) is 0 Å². The maximum absolute atomic E-state index is 11.8. The molecule has 0 saturated heterocycles. The van der Waals surface area contributed by atoms with Crippen LogP contribution in [0.4, 0.5) is 13.2 Å². The van der Waals surface area contributed by atoms with Crippen LogP contribution in [-0.2, 0) is 4.74 Å². The summed E-state index contributed by atoms with van der Waals surface area (Å²) >= 11 is 0. The summed E-state index contributed by atoms with van der Waals surface area (Å²) in [5.41, 5.74) is -0.124. The van der Waals surface area contributed by atoms with Crippen LogP contribution in [0.15, 0.2) is 0 Å². The molecule has 1 N–H and O–H groups in total. The van der Waals surface area contributed by atoms with Crippen molar-refractivity contribution < 1.29 is 17.9 Å². The SMILES string of the molecule is CCCNCC(C)(C)COCCC(F)(F)F. The molecule has 0 aliphatic heterocycles. The highest BCUT2D eigenvalue weighted by Gasteiger charge is 2.27. The monoisotopic (exact) mass is 241 g/mol. The molecule has 0 aromatic rings. The Labute approximate surface area is 95.5 Å². The third-order valence-electron chi connectivity index (χ3n) is 2.05. The Hall–Kier alpha value is -0.290. The zero-order valence-corrected chi connectivity index (χ0v) is 10.3. The molecule has 0 aliphatic carbocycles. The number of hydrogen-bond acceptors (Lipinski definition) is 2. The number of nitrogens with one attached hydrogen (secondary N) is 1. The standard InChI is InChI=1S/C11H22F3NO/c1-4-6-15-8-10(2,3)9-16-7-5-11(12,13)14/h15H,4-9H2,1-3H3. The molecule has 0 aromatic heterocycles. The van der Waals surface area contributed by atoms with Gasteiger partial charge in [-0.2, -0.15) is 13.2 Å². The molecule has 0 radical (unpaired) electrons. The molecule has 16 heavy (non-hydrogen) atoms. The Morgan fingerprint density at radius 3 is 2.31 bits per heavy atom. The summed E-state index contributed by atoms with van der Waals surface area (Å²) in [6, 6.07) is 0. The zero-order valence-electron chi connectivity index (χ0n) is 10.3. The molecule has 2 nitrogen and oxygen atoms in total. The number of rotatable bonds is 8. The van der Waals surface area contributed by atoms with Crippen molar-refractivity contribution in [2.24, 2.45) is 5.41 Å². The summed E-state index contributed by atoms with van der Waals surface area (Å²) in [5, 5.41) is 3.23. The minimum Gasteiger partial charge on any atom is -0.380 e. The molecule has 0 bridgehead atoms. The third kappa shape index (κ3) is 10.2. The molecule has 0 atom stereocenters. The molecule has 0 rings (SSSR count). The first-order chi connectivity index (χ1) is 7.27. The van der Waals surface area contributed by atoms with Crippen molar-refractivity contribution in [2.45, 2.75) is 39.8 Å². The second-order valence-electron chi connectivity index (χ2n) is 4.76. The van der Waals surface area contributed by atoms with Crippen molar-refractivity contribution in [2.75, 3.05) is 26.3 Å². The Balaban J connectivity index is 3.57. The number of ether oxygens (including phenoxy) is 1. The van der Waals surface area contributed by atoms with E-state index in [0.29, 0.717) is 6.61 Å². The van der Waals surface area contributed by atoms with E-state index in [1.807, 2.05) is 13.8 Å².